The number of benzene rings is 2. The molecule has 0 aliphatic carbocycles. The molecule has 200 valence electrons. The highest BCUT2D eigenvalue weighted by Gasteiger charge is 2.44. The molecule has 1 fully saturated rings. The van der Waals surface area contributed by atoms with Crippen molar-refractivity contribution < 1.29 is 36.6 Å². The van der Waals surface area contributed by atoms with Crippen LogP contribution in [0.15, 0.2) is 65.6 Å². The average Bonchev–Trinajstić information content (AvgIpc) is 3.18. The molecule has 1 aliphatic heterocycles. The van der Waals surface area contributed by atoms with Gasteiger partial charge >= 0.3 is 6.36 Å². The molecular formula is C26H23F4N3O5. The number of carbonyl (C=O) groups is 2. The third-order valence-electron chi connectivity index (χ3n) is 6.19. The van der Waals surface area contributed by atoms with Crippen molar-refractivity contribution in [1.82, 2.24) is 9.88 Å². The smallest absolute Gasteiger partial charge is 0.497 e. The molecule has 8 nitrogen and oxygen atoms in total. The molecule has 0 saturated carbocycles. The first-order valence-corrected chi connectivity index (χ1v) is 11.5. The lowest BCUT2D eigenvalue weighted by atomic mass is 9.93. The van der Waals surface area contributed by atoms with E-state index in [0.29, 0.717) is 6.54 Å². The van der Waals surface area contributed by atoms with Gasteiger partial charge in [0, 0.05) is 36.8 Å². The fourth-order valence-electron chi connectivity index (χ4n) is 4.34. The SMILES string of the molecule is CCn1cccc(N2C[C@@H](c3ccc(OC)cc3F)C(NC(=O)c3ccc(OC(F)(F)F)cc3)C2=O)c1=O. The van der Waals surface area contributed by atoms with Gasteiger partial charge in [-0.05, 0) is 55.0 Å². The molecule has 38 heavy (non-hydrogen) atoms. The lowest BCUT2D eigenvalue weighted by molar-refractivity contribution is -0.274. The van der Waals surface area contributed by atoms with E-state index < -0.39 is 47.3 Å². The normalized spacial score (nSPS) is 17.4. The Balaban J connectivity index is 1.67. The van der Waals surface area contributed by atoms with Gasteiger partial charge in [0.15, 0.2) is 0 Å². The van der Waals surface area contributed by atoms with Crippen molar-refractivity contribution in [2.75, 3.05) is 18.6 Å². The van der Waals surface area contributed by atoms with Crippen LogP contribution in [-0.4, -0.2) is 42.4 Å². The highest BCUT2D eigenvalue weighted by molar-refractivity contribution is 6.05. The molecule has 1 unspecified atom stereocenters. The number of alkyl halides is 3. The quantitative estimate of drug-likeness (QED) is 0.467. The Morgan fingerprint density at radius 1 is 1.08 bits per heavy atom. The third-order valence-corrected chi connectivity index (χ3v) is 6.19. The van der Waals surface area contributed by atoms with E-state index in [9.17, 15) is 27.6 Å². The minimum absolute atomic E-state index is 0.0484. The van der Waals surface area contributed by atoms with Crippen LogP contribution in [0.5, 0.6) is 11.5 Å². The largest absolute Gasteiger partial charge is 0.573 e. The van der Waals surface area contributed by atoms with Crippen LogP contribution in [0.1, 0.15) is 28.8 Å². The van der Waals surface area contributed by atoms with Crippen LogP contribution < -0.4 is 25.2 Å². The second-order valence-corrected chi connectivity index (χ2v) is 8.45. The maximum Gasteiger partial charge on any atom is 0.573 e. The predicted octanol–water partition coefficient (Wildman–Crippen LogP) is 3.84. The van der Waals surface area contributed by atoms with Crippen molar-refractivity contribution in [3.05, 3.63) is 88.1 Å². The van der Waals surface area contributed by atoms with Crippen LogP contribution >= 0.6 is 0 Å². The first-order valence-electron chi connectivity index (χ1n) is 11.5. The summed E-state index contributed by atoms with van der Waals surface area (Å²) in [6.07, 6.45) is -3.33. The lowest BCUT2D eigenvalue weighted by Gasteiger charge is -2.19. The molecule has 2 aromatic carbocycles. The van der Waals surface area contributed by atoms with Crippen molar-refractivity contribution in [1.29, 1.82) is 0 Å². The Morgan fingerprint density at radius 2 is 1.76 bits per heavy atom. The van der Waals surface area contributed by atoms with Gasteiger partial charge in [-0.15, -0.1) is 13.2 Å². The van der Waals surface area contributed by atoms with Gasteiger partial charge in [0.1, 0.15) is 29.0 Å². The van der Waals surface area contributed by atoms with Crippen LogP contribution in [0.25, 0.3) is 0 Å². The van der Waals surface area contributed by atoms with E-state index in [4.69, 9.17) is 4.74 Å². The highest BCUT2D eigenvalue weighted by Crippen LogP contribution is 2.34. The minimum atomic E-state index is -4.90. The summed E-state index contributed by atoms with van der Waals surface area (Å²) in [5, 5.41) is 2.56. The van der Waals surface area contributed by atoms with Gasteiger partial charge in [0.2, 0.25) is 5.91 Å². The number of aryl methyl sites for hydroxylation is 1. The van der Waals surface area contributed by atoms with E-state index in [1.165, 1.54) is 34.8 Å². The highest BCUT2D eigenvalue weighted by atomic mass is 19.4. The maximum atomic E-state index is 15.1. The molecule has 0 spiro atoms. The number of amides is 2. The summed E-state index contributed by atoms with van der Waals surface area (Å²) in [7, 11) is 1.37. The Bertz CT molecular complexity index is 1410. The van der Waals surface area contributed by atoms with E-state index in [2.05, 4.69) is 10.1 Å². The summed E-state index contributed by atoms with van der Waals surface area (Å²) < 4.78 is 62.7. The van der Waals surface area contributed by atoms with E-state index in [1.54, 1.807) is 19.2 Å². The van der Waals surface area contributed by atoms with Gasteiger partial charge in [-0.3, -0.25) is 14.4 Å². The van der Waals surface area contributed by atoms with Gasteiger partial charge < -0.3 is 24.3 Å². The van der Waals surface area contributed by atoms with Crippen LogP contribution in [-0.2, 0) is 11.3 Å². The number of nitrogens with one attached hydrogen (secondary N) is 1. The van der Waals surface area contributed by atoms with Gasteiger partial charge in [0.05, 0.1) is 7.11 Å². The Hall–Kier alpha value is -4.35. The van der Waals surface area contributed by atoms with E-state index >= 15 is 4.39 Å². The van der Waals surface area contributed by atoms with E-state index in [-0.39, 0.29) is 29.1 Å². The second-order valence-electron chi connectivity index (χ2n) is 8.45. The number of hydrogen-bond acceptors (Lipinski definition) is 5. The number of halogens is 4. The summed E-state index contributed by atoms with van der Waals surface area (Å²) in [4.78, 5) is 40.6. The summed E-state index contributed by atoms with van der Waals surface area (Å²) in [5.41, 5.74) is -0.284. The fourth-order valence-corrected chi connectivity index (χ4v) is 4.34. The summed E-state index contributed by atoms with van der Waals surface area (Å²) in [6.45, 7) is 2.02. The van der Waals surface area contributed by atoms with Crippen LogP contribution in [0.2, 0.25) is 0 Å². The summed E-state index contributed by atoms with van der Waals surface area (Å²) in [5.74, 6) is -3.24. The summed E-state index contributed by atoms with van der Waals surface area (Å²) >= 11 is 0. The Kier molecular flexibility index (Phi) is 7.42. The number of hydrogen-bond donors (Lipinski definition) is 1. The van der Waals surface area contributed by atoms with Crippen molar-refractivity contribution in [3.63, 3.8) is 0 Å². The molecule has 3 aromatic rings. The van der Waals surface area contributed by atoms with Gasteiger partial charge in [-0.2, -0.15) is 0 Å². The number of anilines is 1. The number of methoxy groups -OCH3 is 1. The molecule has 2 amide bonds. The molecule has 0 bridgehead atoms. The zero-order valence-electron chi connectivity index (χ0n) is 20.3. The van der Waals surface area contributed by atoms with Gasteiger partial charge in [-0.1, -0.05) is 6.07 Å². The number of carbonyl (C=O) groups excluding carboxylic acids is 2. The van der Waals surface area contributed by atoms with Crippen LogP contribution in [0, 0.1) is 5.82 Å². The summed E-state index contributed by atoms with van der Waals surface area (Å²) in [6, 6.07) is 10.0. The van der Waals surface area contributed by atoms with Gasteiger partial charge in [-0.25, -0.2) is 4.39 Å². The predicted molar refractivity (Wildman–Crippen MR) is 129 cm³/mol. The average molecular weight is 533 g/mol. The van der Waals surface area contributed by atoms with Crippen molar-refractivity contribution in [3.8, 4) is 11.5 Å². The molecule has 2 atom stereocenters. The molecule has 0 radical (unpaired) electrons. The molecule has 12 heteroatoms. The molecular weight excluding hydrogens is 510 g/mol. The van der Waals surface area contributed by atoms with E-state index in [1.807, 2.05) is 0 Å². The van der Waals surface area contributed by atoms with Gasteiger partial charge in [0.25, 0.3) is 11.5 Å². The van der Waals surface area contributed by atoms with Crippen molar-refractivity contribution in [2.24, 2.45) is 0 Å². The monoisotopic (exact) mass is 533 g/mol. The Labute approximate surface area is 214 Å². The standard InChI is InChI=1S/C26H23F4N3O5/c1-3-32-12-4-5-21(24(32)35)33-14-19(18-11-10-17(37-2)13-20(18)27)22(25(33)36)31-23(34)15-6-8-16(9-7-15)38-26(28,29)30/h4-13,19,22H,3,14H2,1-2H3,(H,31,34)/t19-,22?/m0/s1. The maximum absolute atomic E-state index is 15.1. The number of aromatic nitrogens is 1. The lowest BCUT2D eigenvalue weighted by Crippen LogP contribution is -2.44. The molecule has 2 heterocycles. The topological polar surface area (TPSA) is 89.9 Å². The third kappa shape index (κ3) is 5.48. The second kappa shape index (κ2) is 10.6. The first-order chi connectivity index (χ1) is 18.0. The number of ether oxygens (including phenoxy) is 2. The van der Waals surface area contributed by atoms with E-state index in [0.717, 1.165) is 30.3 Å². The van der Waals surface area contributed by atoms with Crippen LogP contribution in [0.4, 0.5) is 23.2 Å². The Morgan fingerprint density at radius 3 is 2.37 bits per heavy atom. The number of pyridine rings is 1. The molecule has 1 N–H and O–H groups in total. The van der Waals surface area contributed by atoms with Crippen LogP contribution in [0.3, 0.4) is 0 Å². The zero-order valence-corrected chi connectivity index (χ0v) is 20.3. The molecule has 1 saturated heterocycles. The molecule has 1 aliphatic rings. The zero-order chi connectivity index (χ0) is 27.6. The molecule has 1 aromatic heterocycles. The first kappa shape index (κ1) is 26.7. The fraction of sp³-hybridized carbons (Fsp3) is 0.269. The molecule has 4 rings (SSSR count). The minimum Gasteiger partial charge on any atom is -0.497 e. The van der Waals surface area contributed by atoms with Crippen molar-refractivity contribution >= 4 is 17.5 Å². The van der Waals surface area contributed by atoms with Crippen molar-refractivity contribution in [2.45, 2.75) is 31.8 Å². The number of rotatable bonds is 7. The number of nitrogens with zero attached hydrogens (tertiary/aromatic N) is 2.